The molecule has 1 aromatic rings. The van der Waals surface area contributed by atoms with Crippen molar-refractivity contribution in [3.05, 3.63) is 28.0 Å². The maximum atomic E-state index is 12.5. The van der Waals surface area contributed by atoms with Gasteiger partial charge in [-0.05, 0) is 12.5 Å². The highest BCUT2D eigenvalue weighted by molar-refractivity contribution is 6.31. The molecule has 1 heterocycles. The van der Waals surface area contributed by atoms with Crippen molar-refractivity contribution in [2.75, 3.05) is 0 Å². The minimum absolute atomic E-state index is 0.00185. The number of pyridine rings is 1. The van der Waals surface area contributed by atoms with Gasteiger partial charge in [0, 0.05) is 24.0 Å². The van der Waals surface area contributed by atoms with Gasteiger partial charge in [0.2, 0.25) is 0 Å². The second-order valence-electron chi connectivity index (χ2n) is 2.59. The molecule has 13 heavy (non-hydrogen) atoms. The summed E-state index contributed by atoms with van der Waals surface area (Å²) in [5.74, 6) is 0. The molecule has 0 unspecified atom stereocenters. The molecule has 0 fully saturated rings. The Balaban J connectivity index is 3.35. The van der Waals surface area contributed by atoms with E-state index in [2.05, 4.69) is 4.98 Å². The van der Waals surface area contributed by atoms with Gasteiger partial charge in [0.15, 0.2) is 0 Å². The van der Waals surface area contributed by atoms with E-state index in [0.717, 1.165) is 0 Å². The Labute approximate surface area is 79.7 Å². The van der Waals surface area contributed by atoms with Gasteiger partial charge in [0.25, 0.3) is 6.43 Å². The minimum atomic E-state index is -2.58. The summed E-state index contributed by atoms with van der Waals surface area (Å²) in [7, 11) is 0. The number of nitrogens with two attached hydrogens (primary N) is 1. The lowest BCUT2D eigenvalue weighted by Gasteiger charge is -2.10. The first-order valence-electron chi connectivity index (χ1n) is 3.70. The standard InChI is InChI=1S/C8H9ClF2N2/c1-4-7(8(10)11)5(2-12)6(9)3-13-4/h3,8H,2,12H2,1H3. The molecule has 0 saturated carbocycles. The number of hydrogen-bond donors (Lipinski definition) is 1. The minimum Gasteiger partial charge on any atom is -0.326 e. The first-order valence-corrected chi connectivity index (χ1v) is 4.07. The summed E-state index contributed by atoms with van der Waals surface area (Å²) < 4.78 is 25.0. The summed E-state index contributed by atoms with van der Waals surface area (Å²) in [4.78, 5) is 3.74. The Kier molecular flexibility index (Phi) is 3.17. The van der Waals surface area contributed by atoms with Crippen molar-refractivity contribution >= 4 is 11.6 Å². The van der Waals surface area contributed by atoms with Crippen LogP contribution in [0.15, 0.2) is 6.20 Å². The van der Waals surface area contributed by atoms with Crippen LogP contribution in [0.4, 0.5) is 8.78 Å². The highest BCUT2D eigenvalue weighted by atomic mass is 35.5. The molecule has 5 heteroatoms. The molecule has 2 nitrogen and oxygen atoms in total. The third-order valence-electron chi connectivity index (χ3n) is 1.80. The number of halogens is 3. The van der Waals surface area contributed by atoms with E-state index in [1.807, 2.05) is 0 Å². The summed E-state index contributed by atoms with van der Waals surface area (Å²) in [6.45, 7) is 1.51. The van der Waals surface area contributed by atoms with Crippen LogP contribution in [-0.4, -0.2) is 4.98 Å². The van der Waals surface area contributed by atoms with Crippen molar-refractivity contribution in [3.63, 3.8) is 0 Å². The number of alkyl halides is 2. The van der Waals surface area contributed by atoms with Gasteiger partial charge in [-0.3, -0.25) is 4.98 Å². The van der Waals surface area contributed by atoms with Crippen molar-refractivity contribution < 1.29 is 8.78 Å². The topological polar surface area (TPSA) is 38.9 Å². The van der Waals surface area contributed by atoms with Gasteiger partial charge < -0.3 is 5.73 Å². The quantitative estimate of drug-likeness (QED) is 0.807. The Hall–Kier alpha value is -0.740. The van der Waals surface area contributed by atoms with Crippen molar-refractivity contribution in [1.29, 1.82) is 0 Å². The molecule has 0 atom stereocenters. The van der Waals surface area contributed by atoms with Crippen LogP contribution >= 0.6 is 11.6 Å². The van der Waals surface area contributed by atoms with Crippen LogP contribution < -0.4 is 5.73 Å². The molecular weight excluding hydrogens is 198 g/mol. The monoisotopic (exact) mass is 206 g/mol. The van der Waals surface area contributed by atoms with Gasteiger partial charge >= 0.3 is 0 Å². The predicted molar refractivity (Wildman–Crippen MR) is 46.8 cm³/mol. The van der Waals surface area contributed by atoms with Crippen LogP contribution in [0, 0.1) is 6.92 Å². The first-order chi connectivity index (χ1) is 6.07. The van der Waals surface area contributed by atoms with Crippen molar-refractivity contribution in [1.82, 2.24) is 4.98 Å². The fourth-order valence-electron chi connectivity index (χ4n) is 1.15. The van der Waals surface area contributed by atoms with E-state index in [4.69, 9.17) is 17.3 Å². The third-order valence-corrected chi connectivity index (χ3v) is 2.12. The Morgan fingerprint density at radius 3 is 2.62 bits per heavy atom. The smallest absolute Gasteiger partial charge is 0.265 e. The molecule has 1 rings (SSSR count). The number of nitrogens with zero attached hydrogens (tertiary/aromatic N) is 1. The Bertz CT molecular complexity index is 315. The van der Waals surface area contributed by atoms with Gasteiger partial charge in [-0.25, -0.2) is 8.78 Å². The Morgan fingerprint density at radius 2 is 2.23 bits per heavy atom. The molecule has 0 amide bonds. The van der Waals surface area contributed by atoms with E-state index in [9.17, 15) is 8.78 Å². The zero-order valence-corrected chi connectivity index (χ0v) is 7.78. The summed E-state index contributed by atoms with van der Waals surface area (Å²) in [5, 5.41) is 0.198. The average Bonchev–Trinajstić information content (AvgIpc) is 2.07. The zero-order valence-electron chi connectivity index (χ0n) is 7.02. The molecular formula is C8H9ClF2N2. The molecule has 0 bridgehead atoms. The molecule has 0 aliphatic carbocycles. The maximum Gasteiger partial charge on any atom is 0.265 e. The van der Waals surface area contributed by atoms with E-state index < -0.39 is 6.43 Å². The van der Waals surface area contributed by atoms with Crippen LogP contribution in [0.3, 0.4) is 0 Å². The van der Waals surface area contributed by atoms with Gasteiger partial charge in [-0.1, -0.05) is 11.6 Å². The second kappa shape index (κ2) is 3.98. The van der Waals surface area contributed by atoms with Gasteiger partial charge in [-0.2, -0.15) is 0 Å². The maximum absolute atomic E-state index is 12.5. The fraction of sp³-hybridized carbons (Fsp3) is 0.375. The lowest BCUT2D eigenvalue weighted by molar-refractivity contribution is 0.149. The zero-order chi connectivity index (χ0) is 10.0. The van der Waals surface area contributed by atoms with Gasteiger partial charge in [-0.15, -0.1) is 0 Å². The summed E-state index contributed by atoms with van der Waals surface area (Å²) in [6, 6.07) is 0. The van der Waals surface area contributed by atoms with Crippen molar-refractivity contribution in [2.45, 2.75) is 19.9 Å². The van der Waals surface area contributed by atoms with Crippen LogP contribution in [0.1, 0.15) is 23.2 Å². The number of hydrogen-bond acceptors (Lipinski definition) is 2. The summed E-state index contributed by atoms with van der Waals surface area (Å²) in [6.07, 6.45) is -1.24. The number of rotatable bonds is 2. The highest BCUT2D eigenvalue weighted by Gasteiger charge is 2.18. The highest BCUT2D eigenvalue weighted by Crippen LogP contribution is 2.29. The SMILES string of the molecule is Cc1ncc(Cl)c(CN)c1C(F)F. The summed E-state index contributed by atoms with van der Waals surface area (Å²) >= 11 is 5.67. The first kappa shape index (κ1) is 10.3. The Morgan fingerprint density at radius 1 is 1.62 bits per heavy atom. The van der Waals surface area contributed by atoms with E-state index >= 15 is 0 Å². The average molecular weight is 207 g/mol. The molecule has 72 valence electrons. The summed E-state index contributed by atoms with van der Waals surface area (Å²) in [5.41, 5.74) is 5.73. The number of aryl methyl sites for hydroxylation is 1. The molecule has 0 aliphatic heterocycles. The van der Waals surface area contributed by atoms with E-state index in [0.29, 0.717) is 0 Å². The molecule has 0 aliphatic rings. The number of aromatic nitrogens is 1. The van der Waals surface area contributed by atoms with Crippen LogP contribution in [0.25, 0.3) is 0 Å². The van der Waals surface area contributed by atoms with E-state index in [-0.39, 0.29) is 28.4 Å². The van der Waals surface area contributed by atoms with E-state index in [1.54, 1.807) is 0 Å². The van der Waals surface area contributed by atoms with Gasteiger partial charge in [0.1, 0.15) is 0 Å². The van der Waals surface area contributed by atoms with Gasteiger partial charge in [0.05, 0.1) is 5.02 Å². The second-order valence-corrected chi connectivity index (χ2v) is 3.00. The predicted octanol–water partition coefficient (Wildman–Crippen LogP) is 2.44. The molecule has 0 aromatic carbocycles. The third kappa shape index (κ3) is 1.95. The van der Waals surface area contributed by atoms with Crippen LogP contribution in [0.5, 0.6) is 0 Å². The largest absolute Gasteiger partial charge is 0.326 e. The molecule has 1 aromatic heterocycles. The lowest BCUT2D eigenvalue weighted by Crippen LogP contribution is -2.06. The molecule has 0 saturated heterocycles. The lowest BCUT2D eigenvalue weighted by atomic mass is 10.1. The molecule has 0 spiro atoms. The van der Waals surface area contributed by atoms with E-state index in [1.165, 1.54) is 13.1 Å². The van der Waals surface area contributed by atoms with Crippen LogP contribution in [-0.2, 0) is 6.54 Å². The van der Waals surface area contributed by atoms with Crippen LogP contribution in [0.2, 0.25) is 5.02 Å². The molecule has 0 radical (unpaired) electrons. The van der Waals surface area contributed by atoms with Crippen molar-refractivity contribution in [3.8, 4) is 0 Å². The molecule has 2 N–H and O–H groups in total. The van der Waals surface area contributed by atoms with Crippen molar-refractivity contribution in [2.24, 2.45) is 5.73 Å². The fourth-order valence-corrected chi connectivity index (χ4v) is 1.37. The normalized spacial score (nSPS) is 10.9.